The van der Waals surface area contributed by atoms with Gasteiger partial charge in [0.15, 0.2) is 0 Å². The summed E-state index contributed by atoms with van der Waals surface area (Å²) in [5.41, 5.74) is 1.91. The van der Waals surface area contributed by atoms with E-state index in [4.69, 9.17) is 0 Å². The third-order valence-corrected chi connectivity index (χ3v) is 2.65. The van der Waals surface area contributed by atoms with E-state index in [0.29, 0.717) is 18.6 Å². The Labute approximate surface area is 80.5 Å². The number of fused-ring (bicyclic) bond motifs is 1. The van der Waals surface area contributed by atoms with Crippen LogP contribution in [-0.2, 0) is 4.79 Å². The molecule has 1 aliphatic rings. The van der Waals surface area contributed by atoms with E-state index in [1.54, 1.807) is 0 Å². The number of Topliss-reactive ketones (excluding diaryl/α,β-unsaturated/α-hetero) is 1. The third-order valence-electron chi connectivity index (χ3n) is 2.65. The minimum Gasteiger partial charge on any atom is -0.300 e. The molecular weight excluding hydrogens is 178 g/mol. The fraction of sp³-hybridized carbons (Fsp3) is 0.300. The van der Waals surface area contributed by atoms with Gasteiger partial charge >= 0.3 is 0 Å². The number of hydrogen-bond acceptors (Lipinski definition) is 3. The Bertz CT molecular complexity index is 495. The van der Waals surface area contributed by atoms with Crippen LogP contribution in [0.1, 0.15) is 18.9 Å². The molecule has 0 aliphatic heterocycles. The summed E-state index contributed by atoms with van der Waals surface area (Å²) in [5.74, 6) is 0.314. The Morgan fingerprint density at radius 2 is 2.07 bits per heavy atom. The van der Waals surface area contributed by atoms with Crippen LogP contribution in [0.25, 0.3) is 11.0 Å². The van der Waals surface area contributed by atoms with Crippen molar-refractivity contribution in [1.82, 2.24) is 15.0 Å². The monoisotopic (exact) mass is 187 g/mol. The van der Waals surface area contributed by atoms with E-state index in [0.717, 1.165) is 11.0 Å². The van der Waals surface area contributed by atoms with Crippen LogP contribution in [0.2, 0.25) is 0 Å². The van der Waals surface area contributed by atoms with Crippen LogP contribution in [0.5, 0.6) is 0 Å². The van der Waals surface area contributed by atoms with Gasteiger partial charge in [-0.15, -0.1) is 5.10 Å². The Balaban J connectivity index is 2.09. The van der Waals surface area contributed by atoms with Gasteiger partial charge in [0, 0.05) is 12.8 Å². The van der Waals surface area contributed by atoms with Gasteiger partial charge in [-0.1, -0.05) is 17.3 Å². The van der Waals surface area contributed by atoms with Crippen LogP contribution >= 0.6 is 0 Å². The fourth-order valence-corrected chi connectivity index (χ4v) is 1.80. The quantitative estimate of drug-likeness (QED) is 0.676. The topological polar surface area (TPSA) is 47.8 Å². The van der Waals surface area contributed by atoms with Gasteiger partial charge in [0.1, 0.15) is 11.3 Å². The summed E-state index contributed by atoms with van der Waals surface area (Å²) in [6.45, 7) is 0. The lowest BCUT2D eigenvalue weighted by Crippen LogP contribution is -2.27. The summed E-state index contributed by atoms with van der Waals surface area (Å²) in [6, 6.07) is 8.04. The zero-order valence-corrected chi connectivity index (χ0v) is 7.55. The van der Waals surface area contributed by atoms with Crippen LogP contribution in [-0.4, -0.2) is 20.8 Å². The van der Waals surface area contributed by atoms with Crippen molar-refractivity contribution in [2.24, 2.45) is 0 Å². The van der Waals surface area contributed by atoms with E-state index in [1.165, 1.54) is 0 Å². The first kappa shape index (κ1) is 7.67. The molecule has 14 heavy (non-hydrogen) atoms. The van der Waals surface area contributed by atoms with E-state index in [1.807, 2.05) is 28.9 Å². The second kappa shape index (κ2) is 2.64. The SMILES string of the molecule is O=C1CC(n2nnc3ccccc32)C1. The van der Waals surface area contributed by atoms with Gasteiger partial charge in [-0.3, -0.25) is 4.79 Å². The molecule has 4 heteroatoms. The van der Waals surface area contributed by atoms with Gasteiger partial charge in [0.05, 0.1) is 11.6 Å². The predicted molar refractivity (Wildman–Crippen MR) is 50.8 cm³/mol. The molecule has 1 aromatic heterocycles. The van der Waals surface area contributed by atoms with E-state index < -0.39 is 0 Å². The minimum absolute atomic E-state index is 0.231. The summed E-state index contributed by atoms with van der Waals surface area (Å²) in [6.07, 6.45) is 1.21. The van der Waals surface area contributed by atoms with Crippen molar-refractivity contribution in [2.75, 3.05) is 0 Å². The number of aromatic nitrogens is 3. The average molecular weight is 187 g/mol. The van der Waals surface area contributed by atoms with Gasteiger partial charge in [0.2, 0.25) is 0 Å². The fourth-order valence-electron chi connectivity index (χ4n) is 1.80. The molecule has 70 valence electrons. The Morgan fingerprint density at radius 3 is 2.86 bits per heavy atom. The summed E-state index contributed by atoms with van der Waals surface area (Å²) < 4.78 is 1.86. The zero-order chi connectivity index (χ0) is 9.54. The number of rotatable bonds is 1. The molecule has 1 aromatic carbocycles. The van der Waals surface area contributed by atoms with Gasteiger partial charge in [-0.05, 0) is 12.1 Å². The summed E-state index contributed by atoms with van der Waals surface area (Å²) in [4.78, 5) is 10.9. The maximum Gasteiger partial charge on any atom is 0.137 e. The molecule has 1 saturated carbocycles. The molecule has 0 radical (unpaired) electrons. The second-order valence-corrected chi connectivity index (χ2v) is 3.62. The largest absolute Gasteiger partial charge is 0.300 e. The summed E-state index contributed by atoms with van der Waals surface area (Å²) >= 11 is 0. The minimum atomic E-state index is 0.231. The first-order valence-electron chi connectivity index (χ1n) is 4.66. The molecule has 0 spiro atoms. The van der Waals surface area contributed by atoms with E-state index in [9.17, 15) is 4.79 Å². The number of carbonyl (C=O) groups excluding carboxylic acids is 1. The average Bonchev–Trinajstić information content (AvgIpc) is 2.56. The van der Waals surface area contributed by atoms with E-state index in [-0.39, 0.29) is 6.04 Å². The number of nitrogens with zero attached hydrogens (tertiary/aromatic N) is 3. The molecule has 2 aromatic rings. The maximum atomic E-state index is 10.9. The van der Waals surface area contributed by atoms with Crippen molar-refractivity contribution in [1.29, 1.82) is 0 Å². The molecule has 0 saturated heterocycles. The first-order chi connectivity index (χ1) is 6.84. The number of benzene rings is 1. The highest BCUT2D eigenvalue weighted by Gasteiger charge is 2.29. The molecule has 1 fully saturated rings. The van der Waals surface area contributed by atoms with Gasteiger partial charge in [0.25, 0.3) is 0 Å². The second-order valence-electron chi connectivity index (χ2n) is 3.62. The van der Waals surface area contributed by atoms with E-state index in [2.05, 4.69) is 10.3 Å². The lowest BCUT2D eigenvalue weighted by molar-refractivity contribution is -0.126. The lowest BCUT2D eigenvalue weighted by Gasteiger charge is -2.24. The molecule has 0 N–H and O–H groups in total. The molecule has 4 nitrogen and oxygen atoms in total. The third kappa shape index (κ3) is 0.968. The van der Waals surface area contributed by atoms with Crippen LogP contribution in [0.4, 0.5) is 0 Å². The van der Waals surface area contributed by atoms with Gasteiger partial charge in [-0.25, -0.2) is 4.68 Å². The smallest absolute Gasteiger partial charge is 0.137 e. The van der Waals surface area contributed by atoms with Crippen LogP contribution in [0.3, 0.4) is 0 Å². The van der Waals surface area contributed by atoms with Crippen molar-refractivity contribution in [2.45, 2.75) is 18.9 Å². The Morgan fingerprint density at radius 1 is 1.29 bits per heavy atom. The summed E-state index contributed by atoms with van der Waals surface area (Å²) in [7, 11) is 0. The highest BCUT2D eigenvalue weighted by molar-refractivity contribution is 5.86. The zero-order valence-electron chi connectivity index (χ0n) is 7.55. The van der Waals surface area contributed by atoms with Crippen molar-refractivity contribution < 1.29 is 4.79 Å². The molecule has 0 amide bonds. The predicted octanol–water partition coefficient (Wildman–Crippen LogP) is 1.34. The van der Waals surface area contributed by atoms with Crippen molar-refractivity contribution in [3.8, 4) is 0 Å². The number of hydrogen-bond donors (Lipinski definition) is 0. The normalized spacial score (nSPS) is 17.3. The number of para-hydroxylation sites is 1. The van der Waals surface area contributed by atoms with Crippen LogP contribution in [0, 0.1) is 0 Å². The van der Waals surface area contributed by atoms with Crippen LogP contribution < -0.4 is 0 Å². The molecule has 0 bridgehead atoms. The Hall–Kier alpha value is -1.71. The molecular formula is C10H9N3O. The number of carbonyl (C=O) groups is 1. The first-order valence-corrected chi connectivity index (χ1v) is 4.66. The highest BCUT2D eigenvalue weighted by Crippen LogP contribution is 2.29. The molecule has 0 unspecified atom stereocenters. The van der Waals surface area contributed by atoms with Crippen molar-refractivity contribution >= 4 is 16.8 Å². The van der Waals surface area contributed by atoms with Gasteiger partial charge in [-0.2, -0.15) is 0 Å². The van der Waals surface area contributed by atoms with E-state index >= 15 is 0 Å². The van der Waals surface area contributed by atoms with Crippen molar-refractivity contribution in [3.63, 3.8) is 0 Å². The standard InChI is InChI=1S/C10H9N3O/c14-8-5-7(6-8)13-10-4-2-1-3-9(10)11-12-13/h1-4,7H,5-6H2. The molecule has 3 rings (SSSR count). The molecule has 1 heterocycles. The number of ketones is 1. The van der Waals surface area contributed by atoms with Gasteiger partial charge < -0.3 is 0 Å². The van der Waals surface area contributed by atoms with Crippen LogP contribution in [0.15, 0.2) is 24.3 Å². The summed E-state index contributed by atoms with van der Waals surface area (Å²) in [5, 5.41) is 8.11. The lowest BCUT2D eigenvalue weighted by atomic mass is 9.91. The molecule has 0 atom stereocenters. The molecule has 1 aliphatic carbocycles. The highest BCUT2D eigenvalue weighted by atomic mass is 16.1. The Kier molecular flexibility index (Phi) is 1.45. The van der Waals surface area contributed by atoms with Crippen molar-refractivity contribution in [3.05, 3.63) is 24.3 Å². The maximum absolute atomic E-state index is 10.9.